The smallest absolute Gasteiger partial charge is 0.338 e. The van der Waals surface area contributed by atoms with Crippen LogP contribution in [0.5, 0.6) is 11.5 Å². The lowest BCUT2D eigenvalue weighted by Crippen LogP contribution is -2.22. The van der Waals surface area contributed by atoms with Gasteiger partial charge in [0.15, 0.2) is 16.6 Å². The lowest BCUT2D eigenvalue weighted by atomic mass is 10.2. The van der Waals surface area contributed by atoms with E-state index in [1.807, 2.05) is 30.3 Å². The van der Waals surface area contributed by atoms with Gasteiger partial charge >= 0.3 is 5.97 Å². The van der Waals surface area contributed by atoms with Crippen LogP contribution in [0.3, 0.4) is 0 Å². The third-order valence-electron chi connectivity index (χ3n) is 4.08. The normalized spacial score (nSPS) is 10.4. The van der Waals surface area contributed by atoms with Crippen molar-refractivity contribution in [3.63, 3.8) is 0 Å². The molecule has 156 valence electrons. The molecule has 0 spiro atoms. The van der Waals surface area contributed by atoms with Gasteiger partial charge in [0.1, 0.15) is 6.61 Å². The van der Waals surface area contributed by atoms with Crippen molar-refractivity contribution in [3.05, 3.63) is 64.1 Å². The number of amides is 1. The molecule has 0 fully saturated rings. The van der Waals surface area contributed by atoms with Gasteiger partial charge in [0.05, 0.1) is 36.2 Å². The molecule has 0 N–H and O–H groups in total. The van der Waals surface area contributed by atoms with E-state index in [0.717, 1.165) is 0 Å². The lowest BCUT2D eigenvalue weighted by Gasteiger charge is -2.17. The molecule has 0 saturated heterocycles. The topological polar surface area (TPSA) is 78.0 Å². The summed E-state index contributed by atoms with van der Waals surface area (Å²) in [5.41, 5.74) is 1.46. The first-order chi connectivity index (χ1) is 14.4. The van der Waals surface area contributed by atoms with E-state index in [4.69, 9.17) is 25.8 Å². The number of para-hydroxylation sites is 1. The van der Waals surface area contributed by atoms with Gasteiger partial charge in [-0.25, -0.2) is 9.78 Å². The zero-order valence-electron chi connectivity index (χ0n) is 16.5. The van der Waals surface area contributed by atoms with Gasteiger partial charge in [0.25, 0.3) is 0 Å². The Bertz CT molecular complexity index is 1050. The van der Waals surface area contributed by atoms with Gasteiger partial charge in [0, 0.05) is 12.3 Å². The van der Waals surface area contributed by atoms with E-state index in [-0.39, 0.29) is 23.1 Å². The molecule has 1 amide bonds. The van der Waals surface area contributed by atoms with Gasteiger partial charge in [-0.1, -0.05) is 29.8 Å². The Morgan fingerprint density at radius 2 is 1.87 bits per heavy atom. The molecule has 7 nitrogen and oxygen atoms in total. The van der Waals surface area contributed by atoms with Crippen LogP contribution in [0.25, 0.3) is 0 Å². The number of esters is 1. The van der Waals surface area contributed by atoms with Crippen LogP contribution in [0, 0.1) is 0 Å². The number of hydrogen-bond acceptors (Lipinski definition) is 7. The molecular weight excluding hydrogens is 428 g/mol. The summed E-state index contributed by atoms with van der Waals surface area (Å²) in [5, 5.41) is 2.47. The third-order valence-corrected chi connectivity index (χ3v) is 5.24. The Hall–Kier alpha value is -3.10. The maximum absolute atomic E-state index is 12.4. The first-order valence-electron chi connectivity index (χ1n) is 8.83. The highest BCUT2D eigenvalue weighted by molar-refractivity contribution is 7.14. The average molecular weight is 447 g/mol. The molecule has 9 heteroatoms. The molecule has 0 atom stereocenters. The maximum Gasteiger partial charge on any atom is 0.338 e. The first kappa shape index (κ1) is 21.6. The third kappa shape index (κ3) is 4.72. The molecule has 0 aliphatic heterocycles. The van der Waals surface area contributed by atoms with E-state index < -0.39 is 5.97 Å². The van der Waals surface area contributed by atoms with Crippen LogP contribution in [-0.4, -0.2) is 31.1 Å². The molecule has 1 heterocycles. The molecule has 0 unspecified atom stereocenters. The number of hydrogen-bond donors (Lipinski definition) is 0. The van der Waals surface area contributed by atoms with Crippen LogP contribution in [0.4, 0.5) is 10.8 Å². The van der Waals surface area contributed by atoms with Crippen LogP contribution < -0.4 is 14.4 Å². The summed E-state index contributed by atoms with van der Waals surface area (Å²) in [4.78, 5) is 30.5. The van der Waals surface area contributed by atoms with E-state index in [0.29, 0.717) is 28.0 Å². The lowest BCUT2D eigenvalue weighted by molar-refractivity contribution is -0.115. The van der Waals surface area contributed by atoms with E-state index in [2.05, 4.69) is 4.98 Å². The van der Waals surface area contributed by atoms with Crippen LogP contribution in [0.15, 0.2) is 47.8 Å². The molecule has 0 aliphatic carbocycles. The molecule has 2 aromatic carbocycles. The number of nitrogens with zero attached hydrogens (tertiary/aromatic N) is 2. The predicted octanol–water partition coefficient (Wildman–Crippen LogP) is 4.86. The SMILES string of the molecule is COc1cc(C(=O)OCc2csc(N(C(C)=O)c3ccccc3)n2)cc(Cl)c1OC. The number of ether oxygens (including phenoxy) is 3. The number of carbonyl (C=O) groups excluding carboxylic acids is 2. The Balaban J connectivity index is 1.73. The number of anilines is 2. The minimum Gasteiger partial charge on any atom is -0.493 e. The second-order valence-corrected chi connectivity index (χ2v) is 7.32. The highest BCUT2D eigenvalue weighted by Crippen LogP contribution is 2.36. The summed E-state index contributed by atoms with van der Waals surface area (Å²) in [5.74, 6) is -0.0871. The van der Waals surface area contributed by atoms with Crippen molar-refractivity contribution in [2.24, 2.45) is 0 Å². The van der Waals surface area contributed by atoms with Crippen LogP contribution >= 0.6 is 22.9 Å². The fourth-order valence-electron chi connectivity index (χ4n) is 2.73. The van der Waals surface area contributed by atoms with Crippen molar-refractivity contribution in [2.45, 2.75) is 13.5 Å². The number of carbonyl (C=O) groups is 2. The second-order valence-electron chi connectivity index (χ2n) is 6.08. The number of thiazole rings is 1. The Kier molecular flexibility index (Phi) is 6.91. The predicted molar refractivity (Wildman–Crippen MR) is 115 cm³/mol. The van der Waals surface area contributed by atoms with E-state index in [9.17, 15) is 9.59 Å². The van der Waals surface area contributed by atoms with Gasteiger partial charge in [-0.05, 0) is 24.3 Å². The minimum absolute atomic E-state index is 0.0537. The van der Waals surface area contributed by atoms with Crippen LogP contribution in [0.2, 0.25) is 5.02 Å². The number of benzene rings is 2. The molecule has 30 heavy (non-hydrogen) atoms. The van der Waals surface area contributed by atoms with Gasteiger partial charge in [-0.3, -0.25) is 9.69 Å². The molecule has 0 bridgehead atoms. The van der Waals surface area contributed by atoms with Crippen molar-refractivity contribution >= 4 is 45.6 Å². The largest absolute Gasteiger partial charge is 0.493 e. The number of halogens is 1. The molecule has 3 aromatic rings. The highest BCUT2D eigenvalue weighted by atomic mass is 35.5. The molecule has 0 saturated carbocycles. The van der Waals surface area contributed by atoms with Gasteiger partial charge < -0.3 is 14.2 Å². The molecular formula is C21H19ClN2O5S. The number of aromatic nitrogens is 1. The number of rotatable bonds is 7. The molecule has 0 aliphatic rings. The Morgan fingerprint density at radius 1 is 1.13 bits per heavy atom. The summed E-state index contributed by atoms with van der Waals surface area (Å²) in [6, 6.07) is 12.1. The molecule has 3 rings (SSSR count). The minimum atomic E-state index is -0.584. The van der Waals surface area contributed by atoms with E-state index in [1.165, 1.54) is 49.5 Å². The summed E-state index contributed by atoms with van der Waals surface area (Å²) in [7, 11) is 2.91. The quantitative estimate of drug-likeness (QED) is 0.482. The summed E-state index contributed by atoms with van der Waals surface area (Å²) in [6.07, 6.45) is 0. The monoisotopic (exact) mass is 446 g/mol. The summed E-state index contributed by atoms with van der Waals surface area (Å²) >= 11 is 7.43. The standard InChI is InChI=1S/C21H19ClN2O5S/c1-13(25)24(16-7-5-4-6-8-16)21-23-15(12-30-21)11-29-20(26)14-9-17(22)19(28-3)18(10-14)27-2/h4-10,12H,11H2,1-3H3. The fraction of sp³-hybridized carbons (Fsp3) is 0.190. The van der Waals surface area contributed by atoms with Crippen LogP contribution in [0.1, 0.15) is 23.0 Å². The van der Waals surface area contributed by atoms with Crippen molar-refractivity contribution in [1.82, 2.24) is 4.98 Å². The van der Waals surface area contributed by atoms with Gasteiger partial charge in [-0.15, -0.1) is 11.3 Å². The first-order valence-corrected chi connectivity index (χ1v) is 10.1. The van der Waals surface area contributed by atoms with E-state index in [1.54, 1.807) is 5.38 Å². The van der Waals surface area contributed by atoms with Crippen LogP contribution in [-0.2, 0) is 16.1 Å². The zero-order chi connectivity index (χ0) is 21.7. The van der Waals surface area contributed by atoms with E-state index >= 15 is 0 Å². The second kappa shape index (κ2) is 9.60. The zero-order valence-corrected chi connectivity index (χ0v) is 18.1. The molecule has 0 radical (unpaired) electrons. The Morgan fingerprint density at radius 3 is 2.50 bits per heavy atom. The van der Waals surface area contributed by atoms with Crippen molar-refractivity contribution < 1.29 is 23.8 Å². The fourth-order valence-corrected chi connectivity index (χ4v) is 3.89. The van der Waals surface area contributed by atoms with Crippen molar-refractivity contribution in [2.75, 3.05) is 19.1 Å². The Labute approximate surface area is 182 Å². The van der Waals surface area contributed by atoms with Gasteiger partial charge in [0.2, 0.25) is 5.91 Å². The highest BCUT2D eigenvalue weighted by Gasteiger charge is 2.19. The summed E-state index contributed by atoms with van der Waals surface area (Å²) in [6.45, 7) is 1.41. The van der Waals surface area contributed by atoms with Crippen molar-refractivity contribution in [1.29, 1.82) is 0 Å². The average Bonchev–Trinajstić information content (AvgIpc) is 3.20. The van der Waals surface area contributed by atoms with Gasteiger partial charge in [-0.2, -0.15) is 0 Å². The van der Waals surface area contributed by atoms with Crippen molar-refractivity contribution in [3.8, 4) is 11.5 Å². The molecule has 1 aromatic heterocycles. The summed E-state index contributed by atoms with van der Waals surface area (Å²) < 4.78 is 15.7. The number of methoxy groups -OCH3 is 2. The maximum atomic E-state index is 12.4.